The fraction of sp³-hybridized carbons (Fsp3) is 0.538. The van der Waals surface area contributed by atoms with Gasteiger partial charge >= 0.3 is 0 Å². The number of anilines is 1. The first-order valence-corrected chi connectivity index (χ1v) is 5.98. The third-order valence-electron chi connectivity index (χ3n) is 3.02. The van der Waals surface area contributed by atoms with Crippen molar-refractivity contribution in [2.75, 3.05) is 31.2 Å². The lowest BCUT2D eigenvalue weighted by Crippen LogP contribution is -2.26. The largest absolute Gasteiger partial charge is 0.389 e. The molecule has 0 aromatic heterocycles. The van der Waals surface area contributed by atoms with E-state index in [1.54, 1.807) is 19.1 Å². The van der Waals surface area contributed by atoms with Crippen LogP contribution in [0, 0.1) is 5.82 Å². The SMILES string of the molecule is CC(O)c1ccc(N2CCCOCC2)c(F)c1. The molecule has 0 aliphatic carbocycles. The first kappa shape index (κ1) is 12.3. The number of hydrogen-bond acceptors (Lipinski definition) is 3. The van der Waals surface area contributed by atoms with Crippen molar-refractivity contribution < 1.29 is 14.2 Å². The lowest BCUT2D eigenvalue weighted by Gasteiger charge is -2.23. The average Bonchev–Trinajstić information content (AvgIpc) is 2.57. The van der Waals surface area contributed by atoms with E-state index in [0.29, 0.717) is 24.4 Å². The molecule has 0 bridgehead atoms. The minimum absolute atomic E-state index is 0.273. The second kappa shape index (κ2) is 5.47. The van der Waals surface area contributed by atoms with Crippen LogP contribution in [0.25, 0.3) is 0 Å². The third-order valence-corrected chi connectivity index (χ3v) is 3.02. The fourth-order valence-corrected chi connectivity index (χ4v) is 2.03. The normalized spacial score (nSPS) is 18.9. The van der Waals surface area contributed by atoms with Crippen molar-refractivity contribution in [1.82, 2.24) is 0 Å². The number of ether oxygens (including phenoxy) is 1. The summed E-state index contributed by atoms with van der Waals surface area (Å²) < 4.78 is 19.3. The highest BCUT2D eigenvalue weighted by Crippen LogP contribution is 2.24. The number of aliphatic hydroxyl groups excluding tert-OH is 1. The van der Waals surface area contributed by atoms with Crippen LogP contribution in [-0.4, -0.2) is 31.4 Å². The monoisotopic (exact) mass is 239 g/mol. The first-order chi connectivity index (χ1) is 8.18. The predicted molar refractivity (Wildman–Crippen MR) is 64.7 cm³/mol. The van der Waals surface area contributed by atoms with Gasteiger partial charge in [0.25, 0.3) is 0 Å². The van der Waals surface area contributed by atoms with Gasteiger partial charge in [0.15, 0.2) is 0 Å². The Morgan fingerprint density at radius 1 is 1.35 bits per heavy atom. The van der Waals surface area contributed by atoms with Crippen LogP contribution in [-0.2, 0) is 4.74 Å². The van der Waals surface area contributed by atoms with Gasteiger partial charge in [-0.2, -0.15) is 0 Å². The summed E-state index contributed by atoms with van der Waals surface area (Å²) in [6.07, 6.45) is 0.281. The van der Waals surface area contributed by atoms with E-state index in [4.69, 9.17) is 4.74 Å². The Morgan fingerprint density at radius 2 is 2.18 bits per heavy atom. The summed E-state index contributed by atoms with van der Waals surface area (Å²) in [5.74, 6) is -0.273. The highest BCUT2D eigenvalue weighted by atomic mass is 19.1. The molecule has 1 N–H and O–H groups in total. The number of aliphatic hydroxyl groups is 1. The van der Waals surface area contributed by atoms with Crippen molar-refractivity contribution in [3.05, 3.63) is 29.6 Å². The zero-order chi connectivity index (χ0) is 12.3. The van der Waals surface area contributed by atoms with Crippen molar-refractivity contribution in [3.63, 3.8) is 0 Å². The molecule has 3 nitrogen and oxygen atoms in total. The Bertz CT molecular complexity index is 374. The molecule has 1 aromatic carbocycles. The van der Waals surface area contributed by atoms with Gasteiger partial charge in [0.05, 0.1) is 18.4 Å². The molecule has 1 aliphatic heterocycles. The zero-order valence-electron chi connectivity index (χ0n) is 10.0. The van der Waals surface area contributed by atoms with Gasteiger partial charge < -0.3 is 14.7 Å². The first-order valence-electron chi connectivity index (χ1n) is 5.98. The maximum absolute atomic E-state index is 13.9. The van der Waals surface area contributed by atoms with Gasteiger partial charge in [0, 0.05) is 19.7 Å². The lowest BCUT2D eigenvalue weighted by molar-refractivity contribution is 0.152. The van der Waals surface area contributed by atoms with Crippen molar-refractivity contribution in [2.45, 2.75) is 19.4 Å². The van der Waals surface area contributed by atoms with Crippen LogP contribution < -0.4 is 4.90 Å². The van der Waals surface area contributed by atoms with Gasteiger partial charge in [-0.05, 0) is 31.0 Å². The number of hydrogen-bond donors (Lipinski definition) is 1. The maximum atomic E-state index is 13.9. The molecule has 94 valence electrons. The smallest absolute Gasteiger partial charge is 0.146 e. The van der Waals surface area contributed by atoms with Crippen molar-refractivity contribution in [3.8, 4) is 0 Å². The minimum Gasteiger partial charge on any atom is -0.389 e. The van der Waals surface area contributed by atoms with E-state index in [-0.39, 0.29) is 5.82 Å². The standard InChI is InChI=1S/C13H18FNO2/c1-10(16)11-3-4-13(12(14)9-11)15-5-2-7-17-8-6-15/h3-4,9-10,16H,2,5-8H2,1H3. The Morgan fingerprint density at radius 3 is 2.88 bits per heavy atom. The summed E-state index contributed by atoms with van der Waals surface area (Å²) in [5.41, 5.74) is 1.21. The predicted octanol–water partition coefficient (Wildman–Crippen LogP) is 2.11. The number of rotatable bonds is 2. The zero-order valence-corrected chi connectivity index (χ0v) is 10.0. The average molecular weight is 239 g/mol. The summed E-state index contributed by atoms with van der Waals surface area (Å²) >= 11 is 0. The van der Waals surface area contributed by atoms with Gasteiger partial charge in [-0.1, -0.05) is 6.07 Å². The summed E-state index contributed by atoms with van der Waals surface area (Å²) in [7, 11) is 0. The summed E-state index contributed by atoms with van der Waals surface area (Å²) in [6, 6.07) is 4.92. The van der Waals surface area contributed by atoms with Crippen LogP contribution in [0.5, 0.6) is 0 Å². The molecule has 2 rings (SSSR count). The van der Waals surface area contributed by atoms with Crippen molar-refractivity contribution in [1.29, 1.82) is 0 Å². The van der Waals surface area contributed by atoms with E-state index in [9.17, 15) is 9.50 Å². The van der Waals surface area contributed by atoms with Crippen LogP contribution >= 0.6 is 0 Å². The van der Waals surface area contributed by atoms with Crippen molar-refractivity contribution >= 4 is 5.69 Å². The molecule has 17 heavy (non-hydrogen) atoms. The molecular weight excluding hydrogens is 221 g/mol. The van der Waals surface area contributed by atoms with Crippen LogP contribution in [0.3, 0.4) is 0 Å². The van der Waals surface area contributed by atoms with Gasteiger partial charge in [-0.15, -0.1) is 0 Å². The van der Waals surface area contributed by atoms with Gasteiger partial charge in [0.1, 0.15) is 5.82 Å². The Hall–Kier alpha value is -1.13. The molecule has 4 heteroatoms. The number of nitrogens with zero attached hydrogens (tertiary/aromatic N) is 1. The topological polar surface area (TPSA) is 32.7 Å². The number of benzene rings is 1. The summed E-state index contributed by atoms with van der Waals surface area (Å²) in [6.45, 7) is 4.53. The molecule has 1 aliphatic rings. The summed E-state index contributed by atoms with van der Waals surface area (Å²) in [4.78, 5) is 1.99. The van der Waals surface area contributed by atoms with E-state index in [1.807, 2.05) is 4.90 Å². The summed E-state index contributed by atoms with van der Waals surface area (Å²) in [5, 5.41) is 9.39. The molecule has 1 saturated heterocycles. The van der Waals surface area contributed by atoms with Crippen LogP contribution in [0.4, 0.5) is 10.1 Å². The third kappa shape index (κ3) is 2.96. The highest BCUT2D eigenvalue weighted by Gasteiger charge is 2.15. The van der Waals surface area contributed by atoms with E-state index in [2.05, 4.69) is 0 Å². The van der Waals surface area contributed by atoms with Gasteiger partial charge in [-0.25, -0.2) is 4.39 Å². The molecule has 1 unspecified atom stereocenters. The van der Waals surface area contributed by atoms with E-state index in [1.165, 1.54) is 6.07 Å². The molecular formula is C13H18FNO2. The Labute approximate surface area is 101 Å². The molecule has 0 saturated carbocycles. The second-order valence-electron chi connectivity index (χ2n) is 4.34. The van der Waals surface area contributed by atoms with Gasteiger partial charge in [-0.3, -0.25) is 0 Å². The van der Waals surface area contributed by atoms with Gasteiger partial charge in [0.2, 0.25) is 0 Å². The molecule has 1 heterocycles. The Balaban J connectivity index is 2.19. The molecule has 1 atom stereocenters. The van der Waals surface area contributed by atoms with Crippen molar-refractivity contribution in [2.24, 2.45) is 0 Å². The Kier molecular flexibility index (Phi) is 3.97. The molecule has 0 spiro atoms. The molecule has 1 aromatic rings. The lowest BCUT2D eigenvalue weighted by atomic mass is 10.1. The van der Waals surface area contributed by atoms with E-state index < -0.39 is 6.10 Å². The molecule has 0 radical (unpaired) electrons. The van der Waals surface area contributed by atoms with E-state index in [0.717, 1.165) is 19.6 Å². The van der Waals surface area contributed by atoms with Crippen LogP contribution in [0.2, 0.25) is 0 Å². The molecule has 1 fully saturated rings. The minimum atomic E-state index is -0.633. The van der Waals surface area contributed by atoms with E-state index >= 15 is 0 Å². The fourth-order valence-electron chi connectivity index (χ4n) is 2.03. The number of halogens is 1. The molecule has 0 amide bonds. The van der Waals surface area contributed by atoms with Crippen LogP contribution in [0.1, 0.15) is 25.0 Å². The highest BCUT2D eigenvalue weighted by molar-refractivity contribution is 5.49. The second-order valence-corrected chi connectivity index (χ2v) is 4.34. The quantitative estimate of drug-likeness (QED) is 0.858. The maximum Gasteiger partial charge on any atom is 0.146 e. The van der Waals surface area contributed by atoms with Crippen LogP contribution in [0.15, 0.2) is 18.2 Å².